The van der Waals surface area contributed by atoms with Crippen molar-refractivity contribution in [1.29, 1.82) is 0 Å². The van der Waals surface area contributed by atoms with E-state index in [9.17, 15) is 9.59 Å². The summed E-state index contributed by atoms with van der Waals surface area (Å²) in [4.78, 5) is 28.4. The fourth-order valence-corrected chi connectivity index (χ4v) is 2.87. The van der Waals surface area contributed by atoms with E-state index < -0.39 is 0 Å². The topological polar surface area (TPSA) is 71.1 Å². The monoisotopic (exact) mass is 349 g/mol. The van der Waals surface area contributed by atoms with Crippen LogP contribution in [0.4, 0.5) is 5.69 Å². The molecule has 0 aliphatic carbocycles. The number of carbonyl (C=O) groups is 2. The number of nitrogens with zero attached hydrogens (tertiary/aromatic N) is 2. The lowest BCUT2D eigenvalue weighted by atomic mass is 10.1. The fraction of sp³-hybridized carbons (Fsp3) is 0.556. The average molecular weight is 349 g/mol. The Hall–Kier alpha value is -2.28. The maximum absolute atomic E-state index is 12.4. The van der Waals surface area contributed by atoms with Gasteiger partial charge < -0.3 is 24.6 Å². The van der Waals surface area contributed by atoms with Crippen LogP contribution >= 0.6 is 0 Å². The number of anilines is 1. The van der Waals surface area contributed by atoms with E-state index in [0.717, 1.165) is 13.0 Å². The van der Waals surface area contributed by atoms with Crippen LogP contribution in [0.1, 0.15) is 12.8 Å². The molecule has 25 heavy (non-hydrogen) atoms. The van der Waals surface area contributed by atoms with Crippen LogP contribution < -0.4 is 19.7 Å². The Morgan fingerprint density at radius 2 is 2.08 bits per heavy atom. The van der Waals surface area contributed by atoms with Gasteiger partial charge in [-0.1, -0.05) is 0 Å². The van der Waals surface area contributed by atoms with Crippen molar-refractivity contribution in [3.63, 3.8) is 0 Å². The molecule has 1 heterocycles. The Bertz CT molecular complexity index is 618. The molecule has 0 spiro atoms. The third kappa shape index (κ3) is 4.85. The summed E-state index contributed by atoms with van der Waals surface area (Å²) in [6.45, 7) is 1.88. The van der Waals surface area contributed by atoms with Crippen molar-refractivity contribution in [2.75, 3.05) is 52.8 Å². The summed E-state index contributed by atoms with van der Waals surface area (Å²) in [5, 5.41) is 2.92. The first-order valence-corrected chi connectivity index (χ1v) is 8.41. The van der Waals surface area contributed by atoms with Gasteiger partial charge in [-0.2, -0.15) is 0 Å². The van der Waals surface area contributed by atoms with Crippen LogP contribution in [-0.4, -0.2) is 64.7 Å². The number of hydrogen-bond acceptors (Lipinski definition) is 5. The molecule has 1 aliphatic heterocycles. The molecule has 1 fully saturated rings. The molecule has 1 aliphatic rings. The van der Waals surface area contributed by atoms with Gasteiger partial charge in [0.15, 0.2) is 0 Å². The van der Waals surface area contributed by atoms with E-state index in [-0.39, 0.29) is 24.2 Å². The molecular formula is C18H27N3O4. The second-order valence-corrected chi connectivity index (χ2v) is 6.39. The van der Waals surface area contributed by atoms with Gasteiger partial charge in [-0.15, -0.1) is 0 Å². The normalized spacial score (nSPS) is 17.1. The lowest BCUT2D eigenvalue weighted by Gasteiger charge is -2.20. The largest absolute Gasteiger partial charge is 0.497 e. The highest BCUT2D eigenvalue weighted by Gasteiger charge is 2.36. The highest BCUT2D eigenvalue weighted by Crippen LogP contribution is 2.35. The number of benzene rings is 1. The Morgan fingerprint density at radius 3 is 2.72 bits per heavy atom. The van der Waals surface area contributed by atoms with Crippen molar-refractivity contribution >= 4 is 17.5 Å². The summed E-state index contributed by atoms with van der Waals surface area (Å²) < 4.78 is 10.6. The number of carbonyl (C=O) groups excluding carboxylic acids is 2. The molecule has 1 aromatic carbocycles. The number of nitrogens with one attached hydrogen (secondary N) is 1. The summed E-state index contributed by atoms with van der Waals surface area (Å²) in [6.07, 6.45) is 1.09. The predicted molar refractivity (Wildman–Crippen MR) is 96.2 cm³/mol. The highest BCUT2D eigenvalue weighted by atomic mass is 16.5. The molecular weight excluding hydrogens is 322 g/mol. The second-order valence-electron chi connectivity index (χ2n) is 6.39. The molecule has 2 rings (SSSR count). The van der Waals surface area contributed by atoms with E-state index in [4.69, 9.17) is 9.47 Å². The van der Waals surface area contributed by atoms with Gasteiger partial charge in [0.05, 0.1) is 25.8 Å². The molecule has 0 bridgehead atoms. The van der Waals surface area contributed by atoms with E-state index in [1.807, 2.05) is 14.1 Å². The van der Waals surface area contributed by atoms with Gasteiger partial charge in [0.2, 0.25) is 11.8 Å². The van der Waals surface area contributed by atoms with E-state index in [2.05, 4.69) is 10.2 Å². The smallest absolute Gasteiger partial charge is 0.227 e. The Morgan fingerprint density at radius 1 is 1.32 bits per heavy atom. The van der Waals surface area contributed by atoms with E-state index in [1.165, 1.54) is 0 Å². The minimum atomic E-state index is -0.345. The van der Waals surface area contributed by atoms with Crippen molar-refractivity contribution in [2.24, 2.45) is 5.92 Å². The van der Waals surface area contributed by atoms with Gasteiger partial charge in [-0.25, -0.2) is 0 Å². The van der Waals surface area contributed by atoms with Crippen LogP contribution in [0, 0.1) is 5.92 Å². The molecule has 1 saturated heterocycles. The molecule has 1 aromatic rings. The zero-order valence-corrected chi connectivity index (χ0v) is 15.4. The van der Waals surface area contributed by atoms with Gasteiger partial charge >= 0.3 is 0 Å². The van der Waals surface area contributed by atoms with Crippen LogP contribution in [0.2, 0.25) is 0 Å². The first-order chi connectivity index (χ1) is 12.0. The third-order valence-corrected chi connectivity index (χ3v) is 4.25. The van der Waals surface area contributed by atoms with Crippen molar-refractivity contribution in [1.82, 2.24) is 10.2 Å². The van der Waals surface area contributed by atoms with Gasteiger partial charge in [0.25, 0.3) is 0 Å². The standard InChI is InChI=1S/C18H27N3O4/c1-20(2)9-5-8-19-18(23)13-10-17(22)21(12-13)15-11-14(24-3)6-7-16(15)25-4/h6-7,11,13H,5,8-10,12H2,1-4H3,(H,19,23)/t13-/m1/s1. The Labute approximate surface area is 148 Å². The zero-order chi connectivity index (χ0) is 18.4. The van der Waals surface area contributed by atoms with E-state index >= 15 is 0 Å². The molecule has 0 aromatic heterocycles. The van der Waals surface area contributed by atoms with E-state index in [1.54, 1.807) is 37.3 Å². The number of ether oxygens (including phenoxy) is 2. The van der Waals surface area contributed by atoms with Gasteiger partial charge in [-0.05, 0) is 39.2 Å². The minimum Gasteiger partial charge on any atom is -0.497 e. The summed E-state index contributed by atoms with van der Waals surface area (Å²) in [6, 6.07) is 5.29. The number of amides is 2. The van der Waals surface area contributed by atoms with Gasteiger partial charge in [0, 0.05) is 25.6 Å². The van der Waals surface area contributed by atoms with Gasteiger partial charge in [-0.3, -0.25) is 9.59 Å². The summed E-state index contributed by atoms with van der Waals surface area (Å²) >= 11 is 0. The predicted octanol–water partition coefficient (Wildman–Crippen LogP) is 1.12. The summed E-state index contributed by atoms with van der Waals surface area (Å²) in [5.41, 5.74) is 0.634. The first-order valence-electron chi connectivity index (χ1n) is 8.41. The molecule has 1 atom stereocenters. The quantitative estimate of drug-likeness (QED) is 0.712. The van der Waals surface area contributed by atoms with Crippen LogP contribution in [-0.2, 0) is 9.59 Å². The van der Waals surface area contributed by atoms with Crippen LogP contribution in [0.15, 0.2) is 18.2 Å². The second kappa shape index (κ2) is 8.71. The molecule has 138 valence electrons. The fourth-order valence-electron chi connectivity index (χ4n) is 2.87. The molecule has 7 nitrogen and oxygen atoms in total. The molecule has 7 heteroatoms. The highest BCUT2D eigenvalue weighted by molar-refractivity contribution is 6.01. The SMILES string of the molecule is COc1ccc(OC)c(N2C[C@H](C(=O)NCCCN(C)C)CC2=O)c1. The van der Waals surface area contributed by atoms with Crippen LogP contribution in [0.3, 0.4) is 0 Å². The lowest BCUT2D eigenvalue weighted by molar-refractivity contribution is -0.126. The maximum atomic E-state index is 12.4. The average Bonchev–Trinajstić information content (AvgIpc) is 2.99. The van der Waals surface area contributed by atoms with Crippen LogP contribution in [0.25, 0.3) is 0 Å². The minimum absolute atomic E-state index is 0.0727. The van der Waals surface area contributed by atoms with Crippen molar-refractivity contribution < 1.29 is 19.1 Å². The van der Waals surface area contributed by atoms with Crippen LogP contribution in [0.5, 0.6) is 11.5 Å². The first kappa shape index (κ1) is 19.1. The van der Waals surface area contributed by atoms with Gasteiger partial charge in [0.1, 0.15) is 11.5 Å². The molecule has 0 radical (unpaired) electrons. The summed E-state index contributed by atoms with van der Waals surface area (Å²) in [5.74, 6) is 0.723. The number of hydrogen-bond donors (Lipinski definition) is 1. The Balaban J connectivity index is 2.01. The molecule has 0 unspecified atom stereocenters. The Kier molecular flexibility index (Phi) is 6.64. The third-order valence-electron chi connectivity index (χ3n) is 4.25. The van der Waals surface area contributed by atoms with Crippen molar-refractivity contribution in [3.8, 4) is 11.5 Å². The van der Waals surface area contributed by atoms with E-state index in [0.29, 0.717) is 30.3 Å². The zero-order valence-electron chi connectivity index (χ0n) is 15.4. The lowest BCUT2D eigenvalue weighted by Crippen LogP contribution is -2.34. The van der Waals surface area contributed by atoms with Crippen molar-refractivity contribution in [3.05, 3.63) is 18.2 Å². The summed E-state index contributed by atoms with van der Waals surface area (Å²) in [7, 11) is 7.12. The molecule has 1 N–H and O–H groups in total. The number of rotatable bonds is 8. The number of methoxy groups -OCH3 is 2. The van der Waals surface area contributed by atoms with Crippen molar-refractivity contribution in [2.45, 2.75) is 12.8 Å². The molecule has 2 amide bonds. The maximum Gasteiger partial charge on any atom is 0.227 e. The molecule has 0 saturated carbocycles.